The number of halogens is 1. The molecule has 6 nitrogen and oxygen atoms in total. The molecule has 156 valence electrons. The number of sulfonamides is 1. The van der Waals surface area contributed by atoms with Gasteiger partial charge in [0.05, 0.1) is 11.2 Å². The van der Waals surface area contributed by atoms with Crippen molar-refractivity contribution >= 4 is 43.2 Å². The van der Waals surface area contributed by atoms with E-state index in [1.165, 1.54) is 0 Å². The van der Waals surface area contributed by atoms with Crippen LogP contribution in [0.25, 0.3) is 0 Å². The number of nitrogens with one attached hydrogen (secondary N) is 2. The molecular weight excluding hydrogens is 456 g/mol. The van der Waals surface area contributed by atoms with E-state index in [1.807, 2.05) is 31.2 Å². The van der Waals surface area contributed by atoms with Crippen LogP contribution in [0.15, 0.2) is 53.0 Å². The summed E-state index contributed by atoms with van der Waals surface area (Å²) in [4.78, 5) is 13.3. The lowest BCUT2D eigenvalue weighted by Gasteiger charge is -2.36. The first-order valence-electron chi connectivity index (χ1n) is 9.60. The largest absolute Gasteiger partial charge is 0.381 e. The monoisotopic (exact) mass is 480 g/mol. The van der Waals surface area contributed by atoms with Gasteiger partial charge < -0.3 is 10.1 Å². The maximum absolute atomic E-state index is 13.3. The smallest absolute Gasteiger partial charge is 0.235 e. The Balaban J connectivity index is 1.77. The van der Waals surface area contributed by atoms with Gasteiger partial charge >= 0.3 is 0 Å². The SMILES string of the molecule is CCCS(=O)(=O)Nc1ccc(NC(=O)C2(c3ccc(Br)cc3)CCOCC2)cc1. The van der Waals surface area contributed by atoms with Gasteiger partial charge in [-0.05, 0) is 61.2 Å². The van der Waals surface area contributed by atoms with E-state index in [9.17, 15) is 13.2 Å². The number of hydrogen-bond acceptors (Lipinski definition) is 4. The van der Waals surface area contributed by atoms with Crippen molar-refractivity contribution in [2.24, 2.45) is 0 Å². The Labute approximate surface area is 180 Å². The topological polar surface area (TPSA) is 84.5 Å². The van der Waals surface area contributed by atoms with Crippen molar-refractivity contribution < 1.29 is 17.9 Å². The van der Waals surface area contributed by atoms with Crippen LogP contribution in [-0.2, 0) is 25.0 Å². The minimum absolute atomic E-state index is 0.0727. The summed E-state index contributed by atoms with van der Waals surface area (Å²) in [5.41, 5.74) is 1.41. The fourth-order valence-corrected chi connectivity index (χ4v) is 4.91. The number of benzene rings is 2. The molecule has 1 saturated heterocycles. The molecular formula is C21H25BrN2O4S. The summed E-state index contributed by atoms with van der Waals surface area (Å²) in [5.74, 6) is -0.00839. The average molecular weight is 481 g/mol. The Morgan fingerprint density at radius 1 is 1.03 bits per heavy atom. The molecule has 8 heteroatoms. The van der Waals surface area contributed by atoms with Gasteiger partial charge in [0.15, 0.2) is 0 Å². The maximum Gasteiger partial charge on any atom is 0.235 e. The number of carbonyl (C=O) groups is 1. The Morgan fingerprint density at radius 3 is 2.21 bits per heavy atom. The molecule has 0 radical (unpaired) electrons. The van der Waals surface area contributed by atoms with Crippen LogP contribution < -0.4 is 10.0 Å². The summed E-state index contributed by atoms with van der Waals surface area (Å²) in [6.45, 7) is 2.87. The van der Waals surface area contributed by atoms with Crippen molar-refractivity contribution in [3.8, 4) is 0 Å². The number of anilines is 2. The number of hydrogen-bond donors (Lipinski definition) is 2. The lowest BCUT2D eigenvalue weighted by atomic mass is 9.73. The lowest BCUT2D eigenvalue weighted by molar-refractivity contribution is -0.125. The van der Waals surface area contributed by atoms with Crippen LogP contribution in [0.4, 0.5) is 11.4 Å². The second-order valence-electron chi connectivity index (χ2n) is 7.15. The van der Waals surface area contributed by atoms with Crippen LogP contribution in [0.2, 0.25) is 0 Å². The molecule has 0 bridgehead atoms. The standard InChI is InChI=1S/C21H25BrN2O4S/c1-2-15-29(26,27)24-19-9-7-18(8-10-19)23-20(25)21(11-13-28-14-12-21)16-3-5-17(22)6-4-16/h3-10,24H,2,11-15H2,1H3,(H,23,25). The van der Waals surface area contributed by atoms with E-state index in [1.54, 1.807) is 24.3 Å². The molecule has 2 aromatic rings. The Hall–Kier alpha value is -1.90. The molecule has 2 N–H and O–H groups in total. The molecule has 0 saturated carbocycles. The Kier molecular flexibility index (Phi) is 6.97. The van der Waals surface area contributed by atoms with Gasteiger partial charge in [0.25, 0.3) is 0 Å². The number of amides is 1. The first-order valence-corrected chi connectivity index (χ1v) is 12.0. The molecule has 0 spiro atoms. The molecule has 1 amide bonds. The van der Waals surface area contributed by atoms with E-state index in [0.717, 1.165) is 10.0 Å². The zero-order valence-corrected chi connectivity index (χ0v) is 18.7. The predicted octanol–water partition coefficient (Wildman–Crippen LogP) is 4.29. The molecule has 0 aliphatic carbocycles. The Morgan fingerprint density at radius 2 is 1.62 bits per heavy atom. The van der Waals surface area contributed by atoms with E-state index in [0.29, 0.717) is 43.9 Å². The highest BCUT2D eigenvalue weighted by Crippen LogP contribution is 2.36. The highest BCUT2D eigenvalue weighted by molar-refractivity contribution is 9.10. The van der Waals surface area contributed by atoms with Gasteiger partial charge in [0.1, 0.15) is 0 Å². The summed E-state index contributed by atoms with van der Waals surface area (Å²) >= 11 is 3.44. The zero-order valence-electron chi connectivity index (χ0n) is 16.3. The maximum atomic E-state index is 13.3. The van der Waals surface area contributed by atoms with Crippen molar-refractivity contribution in [3.05, 3.63) is 58.6 Å². The molecule has 1 fully saturated rings. The second kappa shape index (κ2) is 9.28. The first-order chi connectivity index (χ1) is 13.8. The molecule has 0 aromatic heterocycles. The quantitative estimate of drug-likeness (QED) is 0.618. The third-order valence-corrected chi connectivity index (χ3v) is 7.09. The van der Waals surface area contributed by atoms with E-state index in [4.69, 9.17) is 4.74 Å². The van der Waals surface area contributed by atoms with E-state index in [2.05, 4.69) is 26.0 Å². The van der Waals surface area contributed by atoms with Crippen molar-refractivity contribution in [3.63, 3.8) is 0 Å². The summed E-state index contributed by atoms with van der Waals surface area (Å²) in [6, 6.07) is 14.5. The first kappa shape index (κ1) is 21.8. The molecule has 0 atom stereocenters. The Bertz CT molecular complexity index is 938. The molecule has 1 heterocycles. The summed E-state index contributed by atoms with van der Waals surface area (Å²) in [5, 5.41) is 3.00. The van der Waals surface area contributed by atoms with Crippen LogP contribution in [0.5, 0.6) is 0 Å². The minimum atomic E-state index is -3.34. The van der Waals surface area contributed by atoms with Crippen molar-refractivity contribution in [2.45, 2.75) is 31.6 Å². The average Bonchev–Trinajstić information content (AvgIpc) is 2.70. The van der Waals surface area contributed by atoms with E-state index < -0.39 is 15.4 Å². The van der Waals surface area contributed by atoms with Crippen molar-refractivity contribution in [2.75, 3.05) is 29.0 Å². The molecule has 1 aliphatic rings. The van der Waals surface area contributed by atoms with Gasteiger partial charge in [0.2, 0.25) is 15.9 Å². The molecule has 2 aromatic carbocycles. The minimum Gasteiger partial charge on any atom is -0.381 e. The summed E-state index contributed by atoms with van der Waals surface area (Å²) in [6.07, 6.45) is 1.76. The van der Waals surface area contributed by atoms with Gasteiger partial charge in [-0.1, -0.05) is 35.0 Å². The molecule has 3 rings (SSSR count). The van der Waals surface area contributed by atoms with E-state index in [-0.39, 0.29) is 11.7 Å². The fraction of sp³-hybridized carbons (Fsp3) is 0.381. The second-order valence-corrected chi connectivity index (χ2v) is 9.91. The molecule has 1 aliphatic heterocycles. The van der Waals surface area contributed by atoms with Crippen LogP contribution in [0, 0.1) is 0 Å². The summed E-state index contributed by atoms with van der Waals surface area (Å²) < 4.78 is 32.8. The van der Waals surface area contributed by atoms with Crippen LogP contribution >= 0.6 is 15.9 Å². The van der Waals surface area contributed by atoms with Gasteiger partial charge in [-0.25, -0.2) is 8.42 Å². The highest BCUT2D eigenvalue weighted by Gasteiger charge is 2.41. The molecule has 29 heavy (non-hydrogen) atoms. The van der Waals surface area contributed by atoms with E-state index >= 15 is 0 Å². The van der Waals surface area contributed by atoms with Crippen molar-refractivity contribution in [1.29, 1.82) is 0 Å². The predicted molar refractivity (Wildman–Crippen MR) is 119 cm³/mol. The van der Waals surface area contributed by atoms with Crippen LogP contribution in [0.1, 0.15) is 31.7 Å². The lowest BCUT2D eigenvalue weighted by Crippen LogP contribution is -2.44. The number of carbonyl (C=O) groups excluding carboxylic acids is 1. The van der Waals surface area contributed by atoms with Gasteiger partial charge in [-0.15, -0.1) is 0 Å². The normalized spacial score (nSPS) is 16.2. The number of rotatable bonds is 7. The number of ether oxygens (including phenoxy) is 1. The molecule has 0 unspecified atom stereocenters. The van der Waals surface area contributed by atoms with Gasteiger partial charge in [-0.2, -0.15) is 0 Å². The summed E-state index contributed by atoms with van der Waals surface area (Å²) in [7, 11) is -3.34. The van der Waals surface area contributed by atoms with Crippen molar-refractivity contribution in [1.82, 2.24) is 0 Å². The van der Waals surface area contributed by atoms with Crippen LogP contribution in [0.3, 0.4) is 0 Å². The van der Waals surface area contributed by atoms with Gasteiger partial charge in [-0.3, -0.25) is 9.52 Å². The third-order valence-electron chi connectivity index (χ3n) is 5.07. The fourth-order valence-electron chi connectivity index (χ4n) is 3.51. The highest BCUT2D eigenvalue weighted by atomic mass is 79.9. The third kappa shape index (κ3) is 5.38. The van der Waals surface area contributed by atoms with Gasteiger partial charge in [0, 0.05) is 29.1 Å². The zero-order chi connectivity index (χ0) is 20.9. The van der Waals surface area contributed by atoms with Crippen LogP contribution in [-0.4, -0.2) is 33.3 Å².